The smallest absolute Gasteiger partial charge is 0.0363 e. The first-order chi connectivity index (χ1) is 8.78. The standard InChI is InChI=1S/C14H22N2OS/c1-15-7-6-13-2-4-14(5-3-13)12-16-8-10-18(17)11-9-16/h2-5,15H,6-12H2,1H3. The van der Waals surface area contributed by atoms with Gasteiger partial charge in [0.1, 0.15) is 0 Å². The molecule has 2 rings (SSSR count). The van der Waals surface area contributed by atoms with Crippen LogP contribution in [-0.4, -0.2) is 47.3 Å². The molecule has 1 aliphatic rings. The quantitative estimate of drug-likeness (QED) is 0.863. The van der Waals surface area contributed by atoms with E-state index >= 15 is 0 Å². The summed E-state index contributed by atoms with van der Waals surface area (Å²) >= 11 is 0. The summed E-state index contributed by atoms with van der Waals surface area (Å²) in [6.07, 6.45) is 1.08. The maximum absolute atomic E-state index is 11.3. The van der Waals surface area contributed by atoms with Crippen LogP contribution >= 0.6 is 0 Å². The molecule has 0 amide bonds. The Morgan fingerprint density at radius 2 is 1.78 bits per heavy atom. The highest BCUT2D eigenvalue weighted by Gasteiger charge is 2.14. The lowest BCUT2D eigenvalue weighted by atomic mass is 10.1. The van der Waals surface area contributed by atoms with Crippen molar-refractivity contribution in [1.29, 1.82) is 0 Å². The van der Waals surface area contributed by atoms with Crippen molar-refractivity contribution in [3.05, 3.63) is 35.4 Å². The van der Waals surface area contributed by atoms with Crippen molar-refractivity contribution < 1.29 is 4.21 Å². The van der Waals surface area contributed by atoms with E-state index in [4.69, 9.17) is 0 Å². The topological polar surface area (TPSA) is 32.3 Å². The number of nitrogens with zero attached hydrogens (tertiary/aromatic N) is 1. The van der Waals surface area contributed by atoms with Crippen molar-refractivity contribution in [2.24, 2.45) is 0 Å². The number of likely N-dealkylation sites (N-methyl/N-ethyl adjacent to an activating group) is 1. The van der Waals surface area contributed by atoms with Crippen molar-refractivity contribution in [3.63, 3.8) is 0 Å². The van der Waals surface area contributed by atoms with Gasteiger partial charge in [0.2, 0.25) is 0 Å². The molecule has 4 heteroatoms. The molecule has 1 aromatic rings. The minimum Gasteiger partial charge on any atom is -0.319 e. The van der Waals surface area contributed by atoms with E-state index in [9.17, 15) is 4.21 Å². The molecule has 3 nitrogen and oxygen atoms in total. The van der Waals surface area contributed by atoms with Crippen molar-refractivity contribution in [2.45, 2.75) is 13.0 Å². The van der Waals surface area contributed by atoms with E-state index in [0.717, 1.165) is 44.1 Å². The molecule has 0 aliphatic carbocycles. The third kappa shape index (κ3) is 4.19. The van der Waals surface area contributed by atoms with Crippen molar-refractivity contribution in [1.82, 2.24) is 10.2 Å². The zero-order valence-electron chi connectivity index (χ0n) is 11.0. The highest BCUT2D eigenvalue weighted by Crippen LogP contribution is 2.10. The van der Waals surface area contributed by atoms with Gasteiger partial charge in [-0.05, 0) is 31.1 Å². The lowest BCUT2D eigenvalue weighted by Crippen LogP contribution is -2.37. The van der Waals surface area contributed by atoms with Crippen LogP contribution in [0.1, 0.15) is 11.1 Å². The summed E-state index contributed by atoms with van der Waals surface area (Å²) < 4.78 is 11.3. The average Bonchev–Trinajstić information content (AvgIpc) is 2.41. The van der Waals surface area contributed by atoms with Gasteiger partial charge < -0.3 is 5.32 Å². The van der Waals surface area contributed by atoms with Crippen molar-refractivity contribution in [2.75, 3.05) is 38.2 Å². The number of benzene rings is 1. The summed E-state index contributed by atoms with van der Waals surface area (Å²) in [5, 5.41) is 3.16. The summed E-state index contributed by atoms with van der Waals surface area (Å²) in [6, 6.07) is 8.87. The normalized spacial score (nSPS) is 18.1. The Kier molecular flexibility index (Phi) is 5.35. The van der Waals surface area contributed by atoms with Crippen LogP contribution in [0.3, 0.4) is 0 Å². The minimum atomic E-state index is -0.575. The van der Waals surface area contributed by atoms with E-state index in [0.29, 0.717) is 0 Å². The summed E-state index contributed by atoms with van der Waals surface area (Å²) in [4.78, 5) is 2.39. The molecule has 0 bridgehead atoms. The second-order valence-electron chi connectivity index (χ2n) is 4.79. The van der Waals surface area contributed by atoms with Gasteiger partial charge in [-0.25, -0.2) is 0 Å². The van der Waals surface area contributed by atoms with Gasteiger partial charge >= 0.3 is 0 Å². The molecule has 0 radical (unpaired) electrons. The second-order valence-corrected chi connectivity index (χ2v) is 6.49. The molecule has 18 heavy (non-hydrogen) atoms. The van der Waals surface area contributed by atoms with Gasteiger partial charge in [-0.3, -0.25) is 9.11 Å². The van der Waals surface area contributed by atoms with Crippen LogP contribution in [0.15, 0.2) is 24.3 Å². The third-order valence-electron chi connectivity index (χ3n) is 3.36. The van der Waals surface area contributed by atoms with E-state index in [-0.39, 0.29) is 0 Å². The number of nitrogens with one attached hydrogen (secondary N) is 1. The Hall–Kier alpha value is -0.710. The Bertz CT molecular complexity index is 381. The predicted molar refractivity (Wildman–Crippen MR) is 77.2 cm³/mol. The van der Waals surface area contributed by atoms with Gasteiger partial charge in [0.05, 0.1) is 0 Å². The van der Waals surface area contributed by atoms with Crippen LogP contribution in [0, 0.1) is 0 Å². The fourth-order valence-electron chi connectivity index (χ4n) is 2.17. The maximum Gasteiger partial charge on any atom is 0.0363 e. The number of rotatable bonds is 5. The zero-order valence-corrected chi connectivity index (χ0v) is 11.8. The first-order valence-electron chi connectivity index (χ1n) is 6.57. The summed E-state index contributed by atoms with van der Waals surface area (Å²) in [6.45, 7) is 3.95. The van der Waals surface area contributed by atoms with Gasteiger partial charge in [0.25, 0.3) is 0 Å². The molecule has 0 unspecified atom stereocenters. The molecule has 1 N–H and O–H groups in total. The van der Waals surface area contributed by atoms with Gasteiger partial charge in [0, 0.05) is 41.9 Å². The van der Waals surface area contributed by atoms with E-state index in [1.54, 1.807) is 0 Å². The second kappa shape index (κ2) is 7.02. The average molecular weight is 266 g/mol. The van der Waals surface area contributed by atoms with Crippen LogP contribution in [-0.2, 0) is 23.8 Å². The maximum atomic E-state index is 11.3. The van der Waals surface area contributed by atoms with Crippen LogP contribution in [0.5, 0.6) is 0 Å². The zero-order chi connectivity index (χ0) is 12.8. The van der Waals surface area contributed by atoms with E-state index in [2.05, 4.69) is 34.5 Å². The Labute approximate surface area is 112 Å². The molecular weight excluding hydrogens is 244 g/mol. The SMILES string of the molecule is CNCCc1ccc(CN2CCS(=O)CC2)cc1. The number of hydrogen-bond acceptors (Lipinski definition) is 3. The number of hydrogen-bond donors (Lipinski definition) is 1. The van der Waals surface area contributed by atoms with E-state index in [1.165, 1.54) is 11.1 Å². The molecule has 1 aliphatic heterocycles. The lowest BCUT2D eigenvalue weighted by Gasteiger charge is -2.26. The highest BCUT2D eigenvalue weighted by atomic mass is 32.2. The monoisotopic (exact) mass is 266 g/mol. The lowest BCUT2D eigenvalue weighted by molar-refractivity contribution is 0.291. The molecule has 1 saturated heterocycles. The van der Waals surface area contributed by atoms with Crippen LogP contribution in [0.25, 0.3) is 0 Å². The van der Waals surface area contributed by atoms with Gasteiger partial charge in [-0.15, -0.1) is 0 Å². The Morgan fingerprint density at radius 3 is 2.39 bits per heavy atom. The first kappa shape index (κ1) is 13.7. The van der Waals surface area contributed by atoms with Crippen molar-refractivity contribution >= 4 is 10.8 Å². The molecule has 1 fully saturated rings. The molecule has 1 aromatic carbocycles. The minimum absolute atomic E-state index is 0.575. The largest absolute Gasteiger partial charge is 0.319 e. The first-order valence-corrected chi connectivity index (χ1v) is 8.06. The van der Waals surface area contributed by atoms with E-state index < -0.39 is 10.8 Å². The van der Waals surface area contributed by atoms with Gasteiger partial charge in [0.15, 0.2) is 0 Å². The molecule has 0 spiro atoms. The highest BCUT2D eigenvalue weighted by molar-refractivity contribution is 7.85. The van der Waals surface area contributed by atoms with Crippen LogP contribution in [0.2, 0.25) is 0 Å². The Balaban J connectivity index is 1.84. The molecule has 100 valence electrons. The summed E-state index contributed by atoms with van der Waals surface area (Å²) in [5.74, 6) is 1.67. The molecule has 0 atom stereocenters. The van der Waals surface area contributed by atoms with E-state index in [1.807, 2.05) is 7.05 Å². The summed E-state index contributed by atoms with van der Waals surface area (Å²) in [7, 11) is 1.41. The predicted octanol–water partition coefficient (Wildman–Crippen LogP) is 1.01. The van der Waals surface area contributed by atoms with Crippen molar-refractivity contribution in [3.8, 4) is 0 Å². The Morgan fingerprint density at radius 1 is 1.17 bits per heavy atom. The summed E-state index contributed by atoms with van der Waals surface area (Å²) in [5.41, 5.74) is 2.74. The fourth-order valence-corrected chi connectivity index (χ4v) is 3.30. The molecular formula is C14H22N2OS. The fraction of sp³-hybridized carbons (Fsp3) is 0.571. The molecule has 0 aromatic heterocycles. The third-order valence-corrected chi connectivity index (χ3v) is 4.64. The van der Waals surface area contributed by atoms with Crippen LogP contribution in [0.4, 0.5) is 0 Å². The van der Waals surface area contributed by atoms with Gasteiger partial charge in [-0.2, -0.15) is 0 Å². The van der Waals surface area contributed by atoms with Crippen LogP contribution < -0.4 is 5.32 Å². The molecule has 0 saturated carbocycles. The molecule has 1 heterocycles. The van der Waals surface area contributed by atoms with Gasteiger partial charge in [-0.1, -0.05) is 24.3 Å².